The molecule has 116 valence electrons. The Labute approximate surface area is 127 Å². The molecule has 0 bridgehead atoms. The van der Waals surface area contributed by atoms with Gasteiger partial charge < -0.3 is 10.6 Å². The number of hydrogen-bond acceptors (Lipinski definition) is 2. The molecule has 1 rings (SSSR count). The van der Waals surface area contributed by atoms with Gasteiger partial charge in [-0.25, -0.2) is 0 Å². The number of rotatable bonds is 8. The highest BCUT2D eigenvalue weighted by Gasteiger charge is 2.13. The molecule has 2 amide bonds. The van der Waals surface area contributed by atoms with Gasteiger partial charge in [-0.3, -0.25) is 9.59 Å². The van der Waals surface area contributed by atoms with Crippen LogP contribution in [0.1, 0.15) is 51.0 Å². The number of anilines is 1. The molecule has 0 heterocycles. The van der Waals surface area contributed by atoms with E-state index in [0.717, 1.165) is 18.4 Å². The maximum atomic E-state index is 11.7. The average Bonchev–Trinajstić information content (AvgIpc) is 2.48. The van der Waals surface area contributed by atoms with E-state index in [9.17, 15) is 9.59 Å². The van der Waals surface area contributed by atoms with Crippen LogP contribution in [0.2, 0.25) is 0 Å². The van der Waals surface area contributed by atoms with E-state index >= 15 is 0 Å². The highest BCUT2D eigenvalue weighted by Crippen LogP contribution is 2.12. The third-order valence-electron chi connectivity index (χ3n) is 3.42. The number of carbonyl (C=O) groups is 2. The summed E-state index contributed by atoms with van der Waals surface area (Å²) in [7, 11) is 0. The zero-order valence-corrected chi connectivity index (χ0v) is 13.1. The first kappa shape index (κ1) is 17.2. The van der Waals surface area contributed by atoms with Crippen LogP contribution in [0.4, 0.5) is 5.69 Å². The van der Waals surface area contributed by atoms with E-state index in [0.29, 0.717) is 12.2 Å². The lowest BCUT2D eigenvalue weighted by atomic mass is 10.1. The third kappa shape index (κ3) is 6.93. The summed E-state index contributed by atoms with van der Waals surface area (Å²) in [5.41, 5.74) is 1.62. The Balaban J connectivity index is 2.20. The molecule has 1 aromatic carbocycles. The van der Waals surface area contributed by atoms with Crippen molar-refractivity contribution in [1.82, 2.24) is 5.32 Å². The van der Waals surface area contributed by atoms with Crippen molar-refractivity contribution in [2.45, 2.75) is 52.4 Å². The van der Waals surface area contributed by atoms with Crippen molar-refractivity contribution in [3.63, 3.8) is 0 Å². The lowest BCUT2D eigenvalue weighted by molar-refractivity contribution is -0.136. The Bertz CT molecular complexity index is 458. The molecule has 0 spiro atoms. The van der Waals surface area contributed by atoms with Crippen LogP contribution < -0.4 is 10.6 Å². The molecular weight excluding hydrogens is 264 g/mol. The number of benzene rings is 1. The number of unbranched alkanes of at least 4 members (excludes halogenated alkanes) is 5. The van der Waals surface area contributed by atoms with Crippen molar-refractivity contribution in [2.75, 3.05) is 11.9 Å². The molecule has 1 aromatic rings. The lowest BCUT2D eigenvalue weighted by Gasteiger charge is -2.08. The molecule has 2 N–H and O–H groups in total. The molecule has 0 unspecified atom stereocenters. The largest absolute Gasteiger partial charge is 0.348 e. The van der Waals surface area contributed by atoms with Gasteiger partial charge in [0.2, 0.25) is 0 Å². The molecular formula is C17H26N2O2. The zero-order chi connectivity index (χ0) is 15.5. The number of hydrogen-bond donors (Lipinski definition) is 2. The second kappa shape index (κ2) is 9.97. The minimum absolute atomic E-state index is 0.562. The van der Waals surface area contributed by atoms with E-state index in [1.165, 1.54) is 25.7 Å². The topological polar surface area (TPSA) is 58.2 Å². The maximum absolute atomic E-state index is 11.7. The molecule has 0 aromatic heterocycles. The van der Waals surface area contributed by atoms with Crippen LogP contribution in [0, 0.1) is 6.92 Å². The summed E-state index contributed by atoms with van der Waals surface area (Å²) in [5.74, 6) is -1.16. The van der Waals surface area contributed by atoms with Gasteiger partial charge in [-0.2, -0.15) is 0 Å². The van der Waals surface area contributed by atoms with E-state index < -0.39 is 11.8 Å². The number of carbonyl (C=O) groups excluding carboxylic acids is 2. The Morgan fingerprint density at radius 1 is 0.952 bits per heavy atom. The average molecular weight is 290 g/mol. The fraction of sp³-hybridized carbons (Fsp3) is 0.529. The van der Waals surface area contributed by atoms with Crippen molar-refractivity contribution >= 4 is 17.5 Å². The summed E-state index contributed by atoms with van der Waals surface area (Å²) in [4.78, 5) is 23.4. The second-order valence-electron chi connectivity index (χ2n) is 5.29. The van der Waals surface area contributed by atoms with Crippen molar-refractivity contribution in [1.29, 1.82) is 0 Å². The molecule has 0 saturated heterocycles. The summed E-state index contributed by atoms with van der Waals surface area (Å²) in [6.45, 7) is 4.64. The van der Waals surface area contributed by atoms with Crippen LogP contribution in [-0.2, 0) is 9.59 Å². The van der Waals surface area contributed by atoms with Gasteiger partial charge in [0.05, 0.1) is 0 Å². The quantitative estimate of drug-likeness (QED) is 0.569. The van der Waals surface area contributed by atoms with Crippen LogP contribution in [-0.4, -0.2) is 18.4 Å². The summed E-state index contributed by atoms with van der Waals surface area (Å²) >= 11 is 0. The molecule has 0 fully saturated rings. The number of aryl methyl sites for hydroxylation is 1. The van der Waals surface area contributed by atoms with Crippen LogP contribution >= 0.6 is 0 Å². The molecule has 21 heavy (non-hydrogen) atoms. The summed E-state index contributed by atoms with van der Waals surface area (Å²) < 4.78 is 0. The van der Waals surface area contributed by atoms with Gasteiger partial charge in [-0.05, 0) is 25.0 Å². The SMILES string of the molecule is CCCCCCCCNC(=O)C(=O)Nc1ccccc1C. The molecule has 0 saturated carbocycles. The van der Waals surface area contributed by atoms with Crippen LogP contribution in [0.3, 0.4) is 0 Å². The Kier molecular flexibility index (Phi) is 8.17. The van der Waals surface area contributed by atoms with Gasteiger partial charge in [-0.15, -0.1) is 0 Å². The predicted octanol–water partition coefficient (Wildman–Crippen LogP) is 3.41. The first-order chi connectivity index (χ1) is 10.1. The molecule has 0 aliphatic carbocycles. The van der Waals surface area contributed by atoms with E-state index in [2.05, 4.69) is 17.6 Å². The molecule has 4 heteroatoms. The van der Waals surface area contributed by atoms with E-state index in [1.807, 2.05) is 25.1 Å². The standard InChI is InChI=1S/C17H26N2O2/c1-3-4-5-6-7-10-13-18-16(20)17(21)19-15-12-9-8-11-14(15)2/h8-9,11-12H,3-7,10,13H2,1-2H3,(H,18,20)(H,19,21). The lowest BCUT2D eigenvalue weighted by Crippen LogP contribution is -2.36. The van der Waals surface area contributed by atoms with Gasteiger partial charge in [-0.1, -0.05) is 57.2 Å². The summed E-state index contributed by atoms with van der Waals surface area (Å²) in [6, 6.07) is 7.40. The van der Waals surface area contributed by atoms with E-state index in [-0.39, 0.29) is 0 Å². The Hall–Kier alpha value is -1.84. The number of para-hydroxylation sites is 1. The summed E-state index contributed by atoms with van der Waals surface area (Å²) in [6.07, 6.45) is 6.96. The Morgan fingerprint density at radius 3 is 2.33 bits per heavy atom. The monoisotopic (exact) mass is 290 g/mol. The zero-order valence-electron chi connectivity index (χ0n) is 13.1. The minimum Gasteiger partial charge on any atom is -0.348 e. The predicted molar refractivity (Wildman–Crippen MR) is 86.2 cm³/mol. The van der Waals surface area contributed by atoms with Crippen molar-refractivity contribution in [2.24, 2.45) is 0 Å². The van der Waals surface area contributed by atoms with Gasteiger partial charge in [0, 0.05) is 12.2 Å². The fourth-order valence-electron chi connectivity index (χ4n) is 2.08. The third-order valence-corrected chi connectivity index (χ3v) is 3.42. The van der Waals surface area contributed by atoms with Gasteiger partial charge in [0.1, 0.15) is 0 Å². The van der Waals surface area contributed by atoms with Crippen LogP contribution in [0.5, 0.6) is 0 Å². The molecule has 0 radical (unpaired) electrons. The first-order valence-corrected chi connectivity index (χ1v) is 7.80. The van der Waals surface area contributed by atoms with Gasteiger partial charge in [0.15, 0.2) is 0 Å². The highest BCUT2D eigenvalue weighted by atomic mass is 16.2. The smallest absolute Gasteiger partial charge is 0.313 e. The molecule has 0 atom stereocenters. The van der Waals surface area contributed by atoms with Crippen molar-refractivity contribution in [3.8, 4) is 0 Å². The maximum Gasteiger partial charge on any atom is 0.313 e. The molecule has 0 aliphatic heterocycles. The van der Waals surface area contributed by atoms with Crippen molar-refractivity contribution in [3.05, 3.63) is 29.8 Å². The second-order valence-corrected chi connectivity index (χ2v) is 5.29. The normalized spacial score (nSPS) is 10.2. The van der Waals surface area contributed by atoms with E-state index in [4.69, 9.17) is 0 Å². The van der Waals surface area contributed by atoms with Gasteiger partial charge >= 0.3 is 11.8 Å². The Morgan fingerprint density at radius 2 is 1.62 bits per heavy atom. The minimum atomic E-state index is -0.602. The molecule has 0 aliphatic rings. The first-order valence-electron chi connectivity index (χ1n) is 7.80. The molecule has 4 nitrogen and oxygen atoms in total. The highest BCUT2D eigenvalue weighted by molar-refractivity contribution is 6.39. The van der Waals surface area contributed by atoms with Crippen LogP contribution in [0.25, 0.3) is 0 Å². The van der Waals surface area contributed by atoms with Crippen molar-refractivity contribution < 1.29 is 9.59 Å². The van der Waals surface area contributed by atoms with E-state index in [1.54, 1.807) is 6.07 Å². The number of amides is 2. The summed E-state index contributed by atoms with van der Waals surface area (Å²) in [5, 5.41) is 5.29. The van der Waals surface area contributed by atoms with Crippen LogP contribution in [0.15, 0.2) is 24.3 Å². The van der Waals surface area contributed by atoms with Gasteiger partial charge in [0.25, 0.3) is 0 Å². The fourth-order valence-corrected chi connectivity index (χ4v) is 2.08. The number of nitrogens with one attached hydrogen (secondary N) is 2.